The van der Waals surface area contributed by atoms with Crippen LogP contribution in [0, 0.1) is 0 Å². The lowest BCUT2D eigenvalue weighted by molar-refractivity contribution is -0.120. The van der Waals surface area contributed by atoms with E-state index in [-0.39, 0.29) is 11.8 Å². The van der Waals surface area contributed by atoms with E-state index in [4.69, 9.17) is 0 Å². The number of nitrogens with zero attached hydrogens (tertiary/aromatic N) is 3. The summed E-state index contributed by atoms with van der Waals surface area (Å²) in [4.78, 5) is 31.3. The molecule has 0 unspecified atom stereocenters. The van der Waals surface area contributed by atoms with Crippen LogP contribution in [0.5, 0.6) is 0 Å². The summed E-state index contributed by atoms with van der Waals surface area (Å²) in [5, 5.41) is 5.92. The average Bonchev–Trinajstić information content (AvgIpc) is 3.31. The third-order valence-electron chi connectivity index (χ3n) is 5.88. The first kappa shape index (κ1) is 21.3. The van der Waals surface area contributed by atoms with Gasteiger partial charge in [0.05, 0.1) is 13.1 Å². The van der Waals surface area contributed by atoms with Crippen molar-refractivity contribution in [1.82, 2.24) is 9.80 Å². The average molecular weight is 422 g/mol. The number of carbonyl (C=O) groups excluding carboxylic acids is 2. The van der Waals surface area contributed by atoms with Crippen molar-refractivity contribution in [3.05, 3.63) is 54.6 Å². The zero-order chi connectivity index (χ0) is 21.5. The van der Waals surface area contributed by atoms with Crippen LogP contribution < -0.4 is 15.5 Å². The molecule has 7 nitrogen and oxygen atoms in total. The van der Waals surface area contributed by atoms with E-state index in [0.29, 0.717) is 13.1 Å². The summed E-state index contributed by atoms with van der Waals surface area (Å²) in [5.74, 6) is -0.000960. The molecule has 2 amide bonds. The normalized spacial score (nSPS) is 17.5. The summed E-state index contributed by atoms with van der Waals surface area (Å²) in [6, 6.07) is 17.6. The van der Waals surface area contributed by atoms with Gasteiger partial charge in [-0.2, -0.15) is 0 Å². The van der Waals surface area contributed by atoms with Crippen LogP contribution >= 0.6 is 0 Å². The van der Waals surface area contributed by atoms with Crippen LogP contribution in [0.1, 0.15) is 12.8 Å². The molecule has 164 valence electrons. The van der Waals surface area contributed by atoms with E-state index in [0.717, 1.165) is 50.6 Å². The summed E-state index contributed by atoms with van der Waals surface area (Å²) < 4.78 is 0. The van der Waals surface area contributed by atoms with Gasteiger partial charge in [-0.3, -0.25) is 19.4 Å². The molecule has 2 aromatic rings. The zero-order valence-electron chi connectivity index (χ0n) is 17.9. The first-order valence-corrected chi connectivity index (χ1v) is 11.1. The van der Waals surface area contributed by atoms with Gasteiger partial charge in [-0.1, -0.05) is 18.2 Å². The highest BCUT2D eigenvalue weighted by Gasteiger charge is 2.21. The lowest BCUT2D eigenvalue weighted by atomic mass is 10.2. The fraction of sp³-hybridized carbons (Fsp3) is 0.417. The molecule has 0 spiro atoms. The van der Waals surface area contributed by atoms with E-state index in [1.54, 1.807) is 0 Å². The van der Waals surface area contributed by atoms with E-state index in [9.17, 15) is 9.59 Å². The number of piperazine rings is 1. The third kappa shape index (κ3) is 6.29. The second kappa shape index (κ2) is 10.4. The minimum Gasteiger partial charge on any atom is -0.372 e. The summed E-state index contributed by atoms with van der Waals surface area (Å²) in [6.07, 6.45) is 2.51. The highest BCUT2D eigenvalue weighted by molar-refractivity contribution is 5.93. The van der Waals surface area contributed by atoms with E-state index >= 15 is 0 Å². The van der Waals surface area contributed by atoms with Crippen LogP contribution in [-0.4, -0.2) is 74.0 Å². The minimum absolute atomic E-state index is 0.00388. The Morgan fingerprint density at radius 3 is 1.65 bits per heavy atom. The molecule has 0 radical (unpaired) electrons. The number of amides is 2. The van der Waals surface area contributed by atoms with Gasteiger partial charge in [0, 0.05) is 56.3 Å². The molecule has 4 rings (SSSR count). The Hall–Kier alpha value is -2.90. The summed E-state index contributed by atoms with van der Waals surface area (Å²) in [7, 11) is 0. The van der Waals surface area contributed by atoms with Gasteiger partial charge in [0.25, 0.3) is 0 Å². The number of nitrogens with one attached hydrogen (secondary N) is 2. The molecule has 2 N–H and O–H groups in total. The molecular weight excluding hydrogens is 390 g/mol. The second-order valence-corrected chi connectivity index (χ2v) is 8.26. The van der Waals surface area contributed by atoms with Gasteiger partial charge in [-0.25, -0.2) is 0 Å². The van der Waals surface area contributed by atoms with Gasteiger partial charge >= 0.3 is 0 Å². The van der Waals surface area contributed by atoms with Gasteiger partial charge in [0.1, 0.15) is 0 Å². The van der Waals surface area contributed by atoms with Gasteiger partial charge in [-0.05, 0) is 49.2 Å². The van der Waals surface area contributed by atoms with E-state index in [2.05, 4.69) is 37.5 Å². The predicted molar refractivity (Wildman–Crippen MR) is 124 cm³/mol. The Morgan fingerprint density at radius 2 is 1.13 bits per heavy atom. The Kier molecular flexibility index (Phi) is 7.17. The highest BCUT2D eigenvalue weighted by Crippen LogP contribution is 2.22. The molecule has 2 aliphatic rings. The van der Waals surface area contributed by atoms with Crippen LogP contribution in [0.2, 0.25) is 0 Å². The summed E-state index contributed by atoms with van der Waals surface area (Å²) in [5.41, 5.74) is 2.88. The van der Waals surface area contributed by atoms with Crippen molar-refractivity contribution in [2.45, 2.75) is 12.8 Å². The quantitative estimate of drug-likeness (QED) is 0.719. The number of anilines is 3. The van der Waals surface area contributed by atoms with Gasteiger partial charge in [-0.15, -0.1) is 0 Å². The first-order chi connectivity index (χ1) is 15.2. The fourth-order valence-electron chi connectivity index (χ4n) is 4.17. The van der Waals surface area contributed by atoms with Crippen LogP contribution in [0.25, 0.3) is 0 Å². The summed E-state index contributed by atoms with van der Waals surface area (Å²) >= 11 is 0. The molecule has 7 heteroatoms. The smallest absolute Gasteiger partial charge is 0.238 e. The number of hydrogen-bond donors (Lipinski definition) is 2. The molecule has 2 heterocycles. The van der Waals surface area contributed by atoms with Gasteiger partial charge in [0.2, 0.25) is 11.8 Å². The molecule has 0 aromatic heterocycles. The maximum Gasteiger partial charge on any atom is 0.238 e. The minimum atomic E-state index is -0.00484. The molecule has 2 fully saturated rings. The molecule has 0 bridgehead atoms. The molecular formula is C24H31N5O2. The Bertz CT molecular complexity index is 857. The standard InChI is InChI=1S/C24H31N5O2/c30-23(25-20-6-2-1-3-7-20)18-27-14-16-28(17-15-27)19-24(31)26-21-8-10-22(11-9-21)29-12-4-5-13-29/h1-3,6-11H,4-5,12-19H2,(H,25,30)(H,26,31). The van der Waals surface area contributed by atoms with Crippen molar-refractivity contribution >= 4 is 28.9 Å². The number of carbonyl (C=O) groups is 2. The number of hydrogen-bond acceptors (Lipinski definition) is 5. The molecule has 2 aromatic carbocycles. The van der Waals surface area contributed by atoms with Crippen molar-refractivity contribution in [3.63, 3.8) is 0 Å². The van der Waals surface area contributed by atoms with Crippen LogP contribution in [0.15, 0.2) is 54.6 Å². The monoisotopic (exact) mass is 421 g/mol. The second-order valence-electron chi connectivity index (χ2n) is 8.26. The lowest BCUT2D eigenvalue weighted by Crippen LogP contribution is -2.50. The Labute approximate surface area is 184 Å². The number of para-hydroxylation sites is 1. The topological polar surface area (TPSA) is 67.9 Å². The molecule has 0 atom stereocenters. The Morgan fingerprint density at radius 1 is 0.645 bits per heavy atom. The molecule has 31 heavy (non-hydrogen) atoms. The van der Waals surface area contributed by atoms with Crippen molar-refractivity contribution < 1.29 is 9.59 Å². The van der Waals surface area contributed by atoms with Crippen LogP contribution in [0.3, 0.4) is 0 Å². The predicted octanol–water partition coefficient (Wildman–Crippen LogP) is 2.48. The fourth-order valence-corrected chi connectivity index (χ4v) is 4.17. The maximum atomic E-state index is 12.4. The number of benzene rings is 2. The number of rotatable bonds is 7. The van der Waals surface area contributed by atoms with E-state index in [1.807, 2.05) is 42.5 Å². The third-order valence-corrected chi connectivity index (χ3v) is 5.88. The van der Waals surface area contributed by atoms with Crippen LogP contribution in [0.4, 0.5) is 17.1 Å². The largest absolute Gasteiger partial charge is 0.372 e. The van der Waals surface area contributed by atoms with Crippen molar-refractivity contribution in [3.8, 4) is 0 Å². The molecule has 2 saturated heterocycles. The van der Waals surface area contributed by atoms with Crippen molar-refractivity contribution in [1.29, 1.82) is 0 Å². The van der Waals surface area contributed by atoms with Crippen LogP contribution in [-0.2, 0) is 9.59 Å². The maximum absolute atomic E-state index is 12.4. The van der Waals surface area contributed by atoms with E-state index < -0.39 is 0 Å². The van der Waals surface area contributed by atoms with Gasteiger partial charge in [0.15, 0.2) is 0 Å². The van der Waals surface area contributed by atoms with Crippen molar-refractivity contribution in [2.24, 2.45) is 0 Å². The van der Waals surface area contributed by atoms with Gasteiger partial charge < -0.3 is 15.5 Å². The van der Waals surface area contributed by atoms with E-state index in [1.165, 1.54) is 18.5 Å². The molecule has 2 aliphatic heterocycles. The highest BCUT2D eigenvalue weighted by atomic mass is 16.2. The zero-order valence-corrected chi connectivity index (χ0v) is 17.9. The lowest BCUT2D eigenvalue weighted by Gasteiger charge is -2.33. The molecule has 0 saturated carbocycles. The first-order valence-electron chi connectivity index (χ1n) is 11.1. The SMILES string of the molecule is O=C(CN1CCN(CC(=O)Nc2ccc(N3CCCC3)cc2)CC1)Nc1ccccc1. The Balaban J connectivity index is 1.16. The summed E-state index contributed by atoms with van der Waals surface area (Å²) in [6.45, 7) is 6.09. The molecule has 0 aliphatic carbocycles. The van der Waals surface area contributed by atoms with Crippen molar-refractivity contribution in [2.75, 3.05) is 67.9 Å².